The van der Waals surface area contributed by atoms with E-state index in [4.69, 9.17) is 0 Å². The van der Waals surface area contributed by atoms with Gasteiger partial charge in [0.1, 0.15) is 0 Å². The van der Waals surface area contributed by atoms with Crippen molar-refractivity contribution in [3.63, 3.8) is 0 Å². The first-order valence-corrected chi connectivity index (χ1v) is 5.12. The third kappa shape index (κ3) is 1.86. The highest BCUT2D eigenvalue weighted by atomic mass is 16.5. The Kier molecular flexibility index (Phi) is 2.56. The van der Waals surface area contributed by atoms with Crippen LogP contribution in [0.2, 0.25) is 0 Å². The normalized spacial score (nSPS) is 15.8. The van der Waals surface area contributed by atoms with Gasteiger partial charge in [0.05, 0.1) is 10.3 Å². The van der Waals surface area contributed by atoms with Gasteiger partial charge in [0.2, 0.25) is 17.6 Å². The minimum absolute atomic E-state index is 0.537. The van der Waals surface area contributed by atoms with Crippen molar-refractivity contribution < 1.29 is 9.49 Å². The van der Waals surface area contributed by atoms with E-state index in [0.717, 1.165) is 20.6 Å². The molecule has 0 N–H and O–H groups in total. The van der Waals surface area contributed by atoms with E-state index < -0.39 is 0 Å². The molecule has 4 heteroatoms. The summed E-state index contributed by atoms with van der Waals surface area (Å²) in [6.07, 6.45) is 5.42. The van der Waals surface area contributed by atoms with Gasteiger partial charge >= 0.3 is 0 Å². The summed E-state index contributed by atoms with van der Waals surface area (Å²) in [5.74, 6) is 0. The molecular formula is C12H13N2O2+. The van der Waals surface area contributed by atoms with Gasteiger partial charge in [-0.3, -0.25) is 0 Å². The zero-order chi connectivity index (χ0) is 11.7. The van der Waals surface area contributed by atoms with Crippen LogP contribution in [0, 0.1) is 17.0 Å². The van der Waals surface area contributed by atoms with E-state index in [0.29, 0.717) is 17.8 Å². The Hall–Kier alpha value is -1.97. The Morgan fingerprint density at radius 3 is 2.69 bits per heavy atom. The molecule has 2 rings (SSSR count). The van der Waals surface area contributed by atoms with Crippen LogP contribution in [-0.2, 0) is 0 Å². The SMILES string of the molecule is CC1=CCC(c2ccc(C)c[n+]2[O-])=C[N+]1=O. The molecule has 82 valence electrons. The van der Waals surface area contributed by atoms with Gasteiger partial charge in [-0.05, 0) is 19.1 Å². The van der Waals surface area contributed by atoms with Gasteiger partial charge in [0.15, 0.2) is 6.20 Å². The quantitative estimate of drug-likeness (QED) is 0.534. The monoisotopic (exact) mass is 217 g/mol. The molecule has 1 aliphatic rings. The lowest BCUT2D eigenvalue weighted by atomic mass is 10.1. The van der Waals surface area contributed by atoms with Crippen molar-refractivity contribution in [3.05, 3.63) is 57.7 Å². The third-order valence-electron chi connectivity index (χ3n) is 2.63. The molecule has 0 saturated heterocycles. The van der Waals surface area contributed by atoms with E-state index in [1.165, 1.54) is 12.4 Å². The molecule has 0 spiro atoms. The predicted molar refractivity (Wildman–Crippen MR) is 60.1 cm³/mol. The molecule has 0 aromatic carbocycles. The average Bonchev–Trinajstić information content (AvgIpc) is 2.22. The van der Waals surface area contributed by atoms with Gasteiger partial charge in [0, 0.05) is 29.9 Å². The summed E-state index contributed by atoms with van der Waals surface area (Å²) in [6, 6.07) is 3.61. The summed E-state index contributed by atoms with van der Waals surface area (Å²) in [7, 11) is 0. The Morgan fingerprint density at radius 2 is 2.06 bits per heavy atom. The fraction of sp³-hybridized carbons (Fsp3) is 0.250. The molecule has 0 saturated carbocycles. The van der Waals surface area contributed by atoms with Crippen LogP contribution in [0.1, 0.15) is 24.6 Å². The fourth-order valence-electron chi connectivity index (χ4n) is 1.64. The summed E-state index contributed by atoms with van der Waals surface area (Å²) >= 11 is 0. The lowest BCUT2D eigenvalue weighted by Gasteiger charge is -2.07. The van der Waals surface area contributed by atoms with E-state index >= 15 is 0 Å². The Labute approximate surface area is 93.7 Å². The largest absolute Gasteiger partial charge is 0.618 e. The van der Waals surface area contributed by atoms with Crippen molar-refractivity contribution in [1.29, 1.82) is 0 Å². The number of hydrogen-bond donors (Lipinski definition) is 0. The van der Waals surface area contributed by atoms with Crippen LogP contribution in [0.25, 0.3) is 5.57 Å². The molecule has 1 aromatic rings. The van der Waals surface area contributed by atoms with Gasteiger partial charge in [-0.25, -0.2) is 0 Å². The van der Waals surface area contributed by atoms with Crippen LogP contribution in [-0.4, -0.2) is 4.76 Å². The van der Waals surface area contributed by atoms with Crippen molar-refractivity contribution in [2.75, 3.05) is 0 Å². The molecule has 0 fully saturated rings. The van der Waals surface area contributed by atoms with Crippen LogP contribution in [0.5, 0.6) is 0 Å². The highest BCUT2D eigenvalue weighted by Crippen LogP contribution is 2.21. The zero-order valence-corrected chi connectivity index (χ0v) is 9.30. The number of nitroso groups, excluding NO2 is 1. The second-order valence-corrected chi connectivity index (χ2v) is 3.95. The van der Waals surface area contributed by atoms with Crippen molar-refractivity contribution >= 4 is 5.57 Å². The number of aromatic nitrogens is 1. The third-order valence-corrected chi connectivity index (χ3v) is 2.63. The minimum Gasteiger partial charge on any atom is -0.618 e. The van der Waals surface area contributed by atoms with Crippen molar-refractivity contribution in [3.8, 4) is 0 Å². The maximum Gasteiger partial charge on any atom is 0.238 e. The van der Waals surface area contributed by atoms with Crippen molar-refractivity contribution in [2.45, 2.75) is 20.3 Å². The number of hydrogen-bond acceptors (Lipinski definition) is 2. The summed E-state index contributed by atoms with van der Waals surface area (Å²) in [6.45, 7) is 3.61. The van der Waals surface area contributed by atoms with Crippen LogP contribution < -0.4 is 4.73 Å². The van der Waals surface area contributed by atoms with Crippen LogP contribution in [0.15, 0.2) is 36.3 Å². The van der Waals surface area contributed by atoms with E-state index in [1.54, 1.807) is 13.0 Å². The molecule has 2 heterocycles. The highest BCUT2D eigenvalue weighted by molar-refractivity contribution is 5.61. The smallest absolute Gasteiger partial charge is 0.238 e. The molecule has 16 heavy (non-hydrogen) atoms. The molecule has 0 unspecified atom stereocenters. The molecular weight excluding hydrogens is 204 g/mol. The van der Waals surface area contributed by atoms with Gasteiger partial charge < -0.3 is 5.21 Å². The summed E-state index contributed by atoms with van der Waals surface area (Å²) in [4.78, 5) is 11.4. The van der Waals surface area contributed by atoms with Crippen molar-refractivity contribution in [2.24, 2.45) is 0 Å². The number of pyridine rings is 1. The predicted octanol–water partition coefficient (Wildman–Crippen LogP) is 2.06. The molecule has 4 nitrogen and oxygen atoms in total. The van der Waals surface area contributed by atoms with Crippen LogP contribution in [0.4, 0.5) is 0 Å². The summed E-state index contributed by atoms with van der Waals surface area (Å²) < 4.78 is 1.60. The standard InChI is InChI=1S/C12H13N2O2/c1-9-3-6-12(14(16)7-9)11-5-4-10(2)13(15)8-11/h3-4,6-8H,5H2,1-2H3/q+1. The Bertz CT molecular complexity index is 516. The lowest BCUT2D eigenvalue weighted by molar-refractivity contribution is -0.608. The van der Waals surface area contributed by atoms with E-state index in [2.05, 4.69) is 0 Å². The molecule has 0 radical (unpaired) electrons. The second kappa shape index (κ2) is 3.89. The number of allylic oxidation sites excluding steroid dienone is 3. The summed E-state index contributed by atoms with van der Waals surface area (Å²) in [5, 5.41) is 11.7. The molecule has 0 amide bonds. The average molecular weight is 217 g/mol. The highest BCUT2D eigenvalue weighted by Gasteiger charge is 2.22. The zero-order valence-electron chi connectivity index (χ0n) is 9.30. The van der Waals surface area contributed by atoms with E-state index in [9.17, 15) is 10.1 Å². The van der Waals surface area contributed by atoms with Gasteiger partial charge in [0.25, 0.3) is 0 Å². The van der Waals surface area contributed by atoms with Gasteiger partial charge in [-0.2, -0.15) is 4.73 Å². The lowest BCUT2D eigenvalue weighted by Crippen LogP contribution is -2.31. The summed E-state index contributed by atoms with van der Waals surface area (Å²) in [5.41, 5.74) is 2.85. The molecule has 0 bridgehead atoms. The van der Waals surface area contributed by atoms with E-state index in [1.807, 2.05) is 19.1 Å². The maximum atomic E-state index is 11.7. The molecule has 0 atom stereocenters. The van der Waals surface area contributed by atoms with Crippen LogP contribution in [0.3, 0.4) is 0 Å². The van der Waals surface area contributed by atoms with Gasteiger partial charge in [-0.15, -0.1) is 0 Å². The first-order chi connectivity index (χ1) is 7.58. The second-order valence-electron chi connectivity index (χ2n) is 3.95. The topological polar surface area (TPSA) is 47.0 Å². The first-order valence-electron chi connectivity index (χ1n) is 5.12. The first kappa shape index (κ1) is 10.5. The maximum absolute atomic E-state index is 11.7. The van der Waals surface area contributed by atoms with Crippen LogP contribution >= 0.6 is 0 Å². The molecule has 1 aromatic heterocycles. The Balaban J connectivity index is 2.40. The number of rotatable bonds is 1. The van der Waals surface area contributed by atoms with Crippen molar-refractivity contribution in [1.82, 2.24) is 0 Å². The fourth-order valence-corrected chi connectivity index (χ4v) is 1.64. The Morgan fingerprint density at radius 1 is 1.31 bits per heavy atom. The van der Waals surface area contributed by atoms with E-state index in [-0.39, 0.29) is 0 Å². The number of nitrogens with zero attached hydrogens (tertiary/aromatic N) is 2. The minimum atomic E-state index is 0.537. The molecule has 0 aliphatic carbocycles. The number of aryl methyl sites for hydroxylation is 1. The molecule has 1 aliphatic heterocycles. The van der Waals surface area contributed by atoms with Gasteiger partial charge in [-0.1, -0.05) is 0 Å².